The average molecular weight is 296 g/mol. The smallest absolute Gasteiger partial charge is 0.335 e. The van der Waals surface area contributed by atoms with Crippen LogP contribution in [0, 0.1) is 13.8 Å². The molecule has 0 radical (unpaired) electrons. The highest BCUT2D eigenvalue weighted by atomic mass is 16.4. The molecule has 0 aliphatic carbocycles. The van der Waals surface area contributed by atoms with Crippen molar-refractivity contribution in [1.82, 2.24) is 0 Å². The van der Waals surface area contributed by atoms with Crippen LogP contribution in [0.1, 0.15) is 37.4 Å². The predicted molar refractivity (Wildman–Crippen MR) is 84.3 cm³/mol. The zero-order valence-electron chi connectivity index (χ0n) is 12.3. The highest BCUT2D eigenvalue weighted by Crippen LogP contribution is 2.24. The monoisotopic (exact) mass is 296 g/mol. The number of aromatic hydroxyl groups is 1. The highest BCUT2D eigenvalue weighted by molar-refractivity contribution is 6.09. The van der Waals surface area contributed by atoms with Gasteiger partial charge in [0.05, 0.1) is 11.1 Å². The Balaban J connectivity index is 2.23. The largest absolute Gasteiger partial charge is 0.507 e. The molecule has 0 amide bonds. The van der Waals surface area contributed by atoms with Gasteiger partial charge >= 0.3 is 5.97 Å². The predicted octanol–water partition coefficient (Wildman–Crippen LogP) is 3.60. The average Bonchev–Trinajstić information content (AvgIpc) is 2.48. The molecule has 0 saturated heterocycles. The molecule has 2 rings (SSSR count). The Hall–Kier alpha value is -2.88. The van der Waals surface area contributed by atoms with Crippen LogP contribution in [0.3, 0.4) is 0 Å². The van der Waals surface area contributed by atoms with Crippen LogP contribution in [0.5, 0.6) is 5.75 Å². The van der Waals surface area contributed by atoms with Crippen molar-refractivity contribution in [2.24, 2.45) is 0 Å². The van der Waals surface area contributed by atoms with E-state index in [0.29, 0.717) is 11.1 Å². The molecule has 0 bridgehead atoms. The summed E-state index contributed by atoms with van der Waals surface area (Å²) in [5.74, 6) is -1.31. The number of carboxylic acids is 1. The minimum atomic E-state index is -0.994. The fourth-order valence-corrected chi connectivity index (χ4v) is 2.15. The van der Waals surface area contributed by atoms with Gasteiger partial charge in [-0.1, -0.05) is 24.3 Å². The van der Waals surface area contributed by atoms with Gasteiger partial charge in [0.15, 0.2) is 5.78 Å². The van der Waals surface area contributed by atoms with Crippen molar-refractivity contribution in [2.75, 3.05) is 0 Å². The van der Waals surface area contributed by atoms with E-state index in [2.05, 4.69) is 0 Å². The summed E-state index contributed by atoms with van der Waals surface area (Å²) in [6.07, 6.45) is 2.95. The lowest BCUT2D eigenvalue weighted by molar-refractivity contribution is 0.0696. The standard InChI is InChI=1S/C18H16O4/c1-11-9-12(2)17(20)15(10-11)16(19)8-5-13-3-6-14(7-4-13)18(21)22/h3-10,20H,1-2H3,(H,21,22). The summed E-state index contributed by atoms with van der Waals surface area (Å²) in [6, 6.07) is 9.63. The van der Waals surface area contributed by atoms with Gasteiger partial charge in [0, 0.05) is 0 Å². The molecule has 0 unspecified atom stereocenters. The van der Waals surface area contributed by atoms with E-state index in [-0.39, 0.29) is 22.7 Å². The molecular formula is C18H16O4. The van der Waals surface area contributed by atoms with E-state index in [9.17, 15) is 14.7 Å². The van der Waals surface area contributed by atoms with E-state index in [4.69, 9.17) is 5.11 Å². The molecule has 0 aliphatic heterocycles. The Morgan fingerprint density at radius 2 is 1.68 bits per heavy atom. The molecule has 0 aliphatic rings. The number of rotatable bonds is 4. The van der Waals surface area contributed by atoms with E-state index >= 15 is 0 Å². The number of phenols is 1. The van der Waals surface area contributed by atoms with E-state index in [1.165, 1.54) is 18.2 Å². The quantitative estimate of drug-likeness (QED) is 0.667. The number of benzene rings is 2. The van der Waals surface area contributed by atoms with Crippen molar-refractivity contribution in [2.45, 2.75) is 13.8 Å². The molecule has 0 aromatic heterocycles. The van der Waals surface area contributed by atoms with Gasteiger partial charge in [0.25, 0.3) is 0 Å². The van der Waals surface area contributed by atoms with Gasteiger partial charge in [-0.25, -0.2) is 4.79 Å². The molecule has 0 spiro atoms. The molecule has 2 aromatic carbocycles. The highest BCUT2D eigenvalue weighted by Gasteiger charge is 2.11. The molecular weight excluding hydrogens is 280 g/mol. The number of hydrogen-bond donors (Lipinski definition) is 2. The van der Waals surface area contributed by atoms with E-state index in [1.807, 2.05) is 6.92 Å². The van der Waals surface area contributed by atoms with Gasteiger partial charge in [-0.3, -0.25) is 4.79 Å². The van der Waals surface area contributed by atoms with Crippen LogP contribution < -0.4 is 0 Å². The maximum absolute atomic E-state index is 12.2. The summed E-state index contributed by atoms with van der Waals surface area (Å²) in [6.45, 7) is 3.60. The lowest BCUT2D eigenvalue weighted by Gasteiger charge is -2.06. The first-order valence-electron chi connectivity index (χ1n) is 6.74. The summed E-state index contributed by atoms with van der Waals surface area (Å²) in [4.78, 5) is 22.9. The van der Waals surface area contributed by atoms with Crippen molar-refractivity contribution in [3.05, 3.63) is 70.3 Å². The van der Waals surface area contributed by atoms with E-state index < -0.39 is 5.97 Å². The Morgan fingerprint density at radius 1 is 1.05 bits per heavy atom. The van der Waals surface area contributed by atoms with Crippen LogP contribution in [0.25, 0.3) is 6.08 Å². The summed E-state index contributed by atoms with van der Waals surface area (Å²) in [5.41, 5.74) is 2.72. The lowest BCUT2D eigenvalue weighted by atomic mass is 10.0. The van der Waals surface area contributed by atoms with Crippen LogP contribution in [-0.2, 0) is 0 Å². The zero-order valence-corrected chi connectivity index (χ0v) is 12.3. The van der Waals surface area contributed by atoms with Crippen LogP contribution in [0.15, 0.2) is 42.5 Å². The first-order chi connectivity index (χ1) is 10.4. The third kappa shape index (κ3) is 3.41. The molecule has 22 heavy (non-hydrogen) atoms. The number of allylic oxidation sites excluding steroid dienone is 1. The normalized spacial score (nSPS) is 10.8. The fraction of sp³-hybridized carbons (Fsp3) is 0.111. The summed E-state index contributed by atoms with van der Waals surface area (Å²) < 4.78 is 0. The molecule has 2 aromatic rings. The number of carbonyl (C=O) groups excluding carboxylic acids is 1. The van der Waals surface area contributed by atoms with Crippen molar-refractivity contribution in [1.29, 1.82) is 0 Å². The number of aromatic carboxylic acids is 1. The molecule has 0 fully saturated rings. The molecule has 4 nitrogen and oxygen atoms in total. The van der Waals surface area contributed by atoms with Gasteiger partial charge < -0.3 is 10.2 Å². The Kier molecular flexibility index (Phi) is 4.41. The first kappa shape index (κ1) is 15.5. The van der Waals surface area contributed by atoms with Crippen LogP contribution >= 0.6 is 0 Å². The van der Waals surface area contributed by atoms with Crippen LogP contribution in [-0.4, -0.2) is 22.0 Å². The number of aryl methyl sites for hydroxylation is 2. The number of carboxylic acid groups (broad SMARTS) is 1. The Labute approximate surface area is 128 Å². The SMILES string of the molecule is Cc1cc(C)c(O)c(C(=O)C=Cc2ccc(C(=O)O)cc2)c1. The van der Waals surface area contributed by atoms with Crippen molar-refractivity contribution in [3.63, 3.8) is 0 Å². The molecule has 0 heterocycles. The van der Waals surface area contributed by atoms with Crippen molar-refractivity contribution < 1.29 is 19.8 Å². The minimum Gasteiger partial charge on any atom is -0.507 e. The topological polar surface area (TPSA) is 74.6 Å². The molecule has 0 atom stereocenters. The second-order valence-electron chi connectivity index (χ2n) is 5.10. The minimum absolute atomic E-state index is 0.0125. The van der Waals surface area contributed by atoms with Gasteiger partial charge in [-0.2, -0.15) is 0 Å². The maximum atomic E-state index is 12.2. The summed E-state index contributed by atoms with van der Waals surface area (Å²) in [7, 11) is 0. The van der Waals surface area contributed by atoms with E-state index in [0.717, 1.165) is 5.56 Å². The van der Waals surface area contributed by atoms with Gasteiger partial charge in [0.1, 0.15) is 5.75 Å². The number of hydrogen-bond acceptors (Lipinski definition) is 3. The second-order valence-corrected chi connectivity index (χ2v) is 5.10. The molecule has 0 saturated carbocycles. The second kappa shape index (κ2) is 6.26. The van der Waals surface area contributed by atoms with Crippen LogP contribution in [0.2, 0.25) is 0 Å². The molecule has 2 N–H and O–H groups in total. The van der Waals surface area contributed by atoms with Gasteiger partial charge in [-0.15, -0.1) is 0 Å². The fourth-order valence-electron chi connectivity index (χ4n) is 2.15. The third-order valence-corrected chi connectivity index (χ3v) is 3.30. The van der Waals surface area contributed by atoms with Gasteiger partial charge in [-0.05, 0) is 54.8 Å². The van der Waals surface area contributed by atoms with Crippen molar-refractivity contribution >= 4 is 17.8 Å². The summed E-state index contributed by atoms with van der Waals surface area (Å²) >= 11 is 0. The Morgan fingerprint density at radius 3 is 2.27 bits per heavy atom. The van der Waals surface area contributed by atoms with Crippen LogP contribution in [0.4, 0.5) is 0 Å². The summed E-state index contributed by atoms with van der Waals surface area (Å²) in [5, 5.41) is 18.8. The number of phenolic OH excluding ortho intramolecular Hbond substituents is 1. The number of ketones is 1. The third-order valence-electron chi connectivity index (χ3n) is 3.30. The lowest BCUT2D eigenvalue weighted by Crippen LogP contribution is -1.98. The molecule has 112 valence electrons. The van der Waals surface area contributed by atoms with Gasteiger partial charge in [0.2, 0.25) is 0 Å². The zero-order chi connectivity index (χ0) is 16.3. The number of carbonyl (C=O) groups is 2. The Bertz CT molecular complexity index is 755. The molecule has 4 heteroatoms. The first-order valence-corrected chi connectivity index (χ1v) is 6.74. The van der Waals surface area contributed by atoms with E-state index in [1.54, 1.807) is 37.3 Å². The van der Waals surface area contributed by atoms with Crippen molar-refractivity contribution in [3.8, 4) is 5.75 Å². The maximum Gasteiger partial charge on any atom is 0.335 e.